The van der Waals surface area contributed by atoms with Gasteiger partial charge in [0.25, 0.3) is 0 Å². The third-order valence-corrected chi connectivity index (χ3v) is 3.51. The standard InChI is InChI=1S/C15H22N2O2/c1-19-14-8-3-2-6-12(14)9-11-17-15(18)13-7-4-5-10-16-13/h2-3,6,8,13,16H,4-5,7,9-11H2,1H3,(H,17,18)/t13-/m0/s1. The average Bonchev–Trinajstić information content (AvgIpc) is 2.48. The van der Waals surface area contributed by atoms with Gasteiger partial charge < -0.3 is 15.4 Å². The first-order chi connectivity index (χ1) is 9.31. The molecule has 2 rings (SSSR count). The molecule has 1 fully saturated rings. The van der Waals surface area contributed by atoms with Gasteiger partial charge in [0.1, 0.15) is 5.75 Å². The van der Waals surface area contributed by atoms with Crippen molar-refractivity contribution in [3.63, 3.8) is 0 Å². The zero-order valence-electron chi connectivity index (χ0n) is 11.4. The van der Waals surface area contributed by atoms with Gasteiger partial charge in [0.15, 0.2) is 0 Å². The summed E-state index contributed by atoms with van der Waals surface area (Å²) in [6.45, 7) is 1.60. The molecule has 0 saturated carbocycles. The van der Waals surface area contributed by atoms with Crippen molar-refractivity contribution < 1.29 is 9.53 Å². The molecule has 2 N–H and O–H groups in total. The molecule has 1 aliphatic heterocycles. The van der Waals surface area contributed by atoms with Gasteiger partial charge in [-0.15, -0.1) is 0 Å². The van der Waals surface area contributed by atoms with E-state index in [0.29, 0.717) is 6.54 Å². The van der Waals surface area contributed by atoms with Gasteiger partial charge in [0, 0.05) is 6.54 Å². The second-order valence-electron chi connectivity index (χ2n) is 4.86. The van der Waals surface area contributed by atoms with Gasteiger partial charge in [-0.25, -0.2) is 0 Å². The van der Waals surface area contributed by atoms with E-state index in [-0.39, 0.29) is 11.9 Å². The van der Waals surface area contributed by atoms with E-state index in [4.69, 9.17) is 4.74 Å². The highest BCUT2D eigenvalue weighted by molar-refractivity contribution is 5.81. The van der Waals surface area contributed by atoms with E-state index in [0.717, 1.165) is 37.1 Å². The molecule has 1 heterocycles. The van der Waals surface area contributed by atoms with Crippen LogP contribution in [0.3, 0.4) is 0 Å². The Morgan fingerprint density at radius 2 is 2.26 bits per heavy atom. The molecule has 19 heavy (non-hydrogen) atoms. The fraction of sp³-hybridized carbons (Fsp3) is 0.533. The number of para-hydroxylation sites is 1. The van der Waals surface area contributed by atoms with Crippen molar-refractivity contribution in [1.29, 1.82) is 0 Å². The predicted molar refractivity (Wildman–Crippen MR) is 75.3 cm³/mol. The molecule has 1 atom stereocenters. The van der Waals surface area contributed by atoms with E-state index in [1.54, 1.807) is 7.11 Å². The fourth-order valence-electron chi connectivity index (χ4n) is 2.43. The lowest BCUT2D eigenvalue weighted by molar-refractivity contribution is -0.123. The van der Waals surface area contributed by atoms with Gasteiger partial charge in [-0.3, -0.25) is 4.79 Å². The van der Waals surface area contributed by atoms with E-state index >= 15 is 0 Å². The first-order valence-electron chi connectivity index (χ1n) is 6.94. The molecule has 1 saturated heterocycles. The molecular weight excluding hydrogens is 240 g/mol. The second-order valence-corrected chi connectivity index (χ2v) is 4.86. The number of amides is 1. The minimum absolute atomic E-state index is 0.00795. The summed E-state index contributed by atoms with van der Waals surface area (Å²) in [6.07, 6.45) is 4.05. The van der Waals surface area contributed by atoms with Crippen molar-refractivity contribution in [3.8, 4) is 5.75 Å². The van der Waals surface area contributed by atoms with Gasteiger partial charge >= 0.3 is 0 Å². The molecule has 0 spiro atoms. The maximum atomic E-state index is 11.9. The summed E-state index contributed by atoms with van der Waals surface area (Å²) in [5.74, 6) is 1.00. The number of rotatable bonds is 5. The number of carbonyl (C=O) groups excluding carboxylic acids is 1. The zero-order chi connectivity index (χ0) is 13.5. The number of methoxy groups -OCH3 is 1. The molecule has 0 bridgehead atoms. The van der Waals surface area contributed by atoms with Gasteiger partial charge in [-0.05, 0) is 37.4 Å². The van der Waals surface area contributed by atoms with Crippen LogP contribution in [0.5, 0.6) is 5.75 Å². The third kappa shape index (κ3) is 3.96. The van der Waals surface area contributed by atoms with Crippen molar-refractivity contribution in [2.45, 2.75) is 31.7 Å². The SMILES string of the molecule is COc1ccccc1CCNC(=O)[C@@H]1CCCCN1. The van der Waals surface area contributed by atoms with Crippen molar-refractivity contribution in [1.82, 2.24) is 10.6 Å². The summed E-state index contributed by atoms with van der Waals surface area (Å²) in [5, 5.41) is 6.25. The largest absolute Gasteiger partial charge is 0.496 e. The Morgan fingerprint density at radius 3 is 3.00 bits per heavy atom. The Morgan fingerprint density at radius 1 is 1.42 bits per heavy atom. The molecular formula is C15H22N2O2. The summed E-state index contributed by atoms with van der Waals surface area (Å²) in [7, 11) is 1.67. The Labute approximate surface area is 114 Å². The van der Waals surface area contributed by atoms with Gasteiger partial charge in [-0.2, -0.15) is 0 Å². The van der Waals surface area contributed by atoms with Crippen LogP contribution in [0.25, 0.3) is 0 Å². The van der Waals surface area contributed by atoms with Gasteiger partial charge in [0.2, 0.25) is 5.91 Å². The minimum Gasteiger partial charge on any atom is -0.496 e. The number of carbonyl (C=O) groups is 1. The Kier molecular flexibility index (Phi) is 5.21. The van der Waals surface area contributed by atoms with Gasteiger partial charge in [0.05, 0.1) is 13.2 Å². The zero-order valence-corrected chi connectivity index (χ0v) is 11.4. The molecule has 0 radical (unpaired) electrons. The molecule has 4 nitrogen and oxygen atoms in total. The Hall–Kier alpha value is -1.55. The summed E-state index contributed by atoms with van der Waals surface area (Å²) >= 11 is 0. The summed E-state index contributed by atoms with van der Waals surface area (Å²) in [6, 6.07) is 7.91. The van der Waals surface area contributed by atoms with Gasteiger partial charge in [-0.1, -0.05) is 24.6 Å². The van der Waals surface area contributed by atoms with E-state index in [1.807, 2.05) is 24.3 Å². The summed E-state index contributed by atoms with van der Waals surface area (Å²) < 4.78 is 5.29. The summed E-state index contributed by atoms with van der Waals surface area (Å²) in [5.41, 5.74) is 1.13. The van der Waals surface area contributed by atoms with Crippen molar-refractivity contribution >= 4 is 5.91 Å². The highest BCUT2D eigenvalue weighted by Gasteiger charge is 2.19. The number of ether oxygens (including phenoxy) is 1. The van der Waals surface area contributed by atoms with E-state index in [2.05, 4.69) is 10.6 Å². The van der Waals surface area contributed by atoms with Crippen LogP contribution in [-0.2, 0) is 11.2 Å². The summed E-state index contributed by atoms with van der Waals surface area (Å²) in [4.78, 5) is 11.9. The molecule has 1 amide bonds. The molecule has 0 aromatic heterocycles. The third-order valence-electron chi connectivity index (χ3n) is 3.51. The van der Waals surface area contributed by atoms with Crippen LogP contribution in [0.15, 0.2) is 24.3 Å². The number of hydrogen-bond donors (Lipinski definition) is 2. The second kappa shape index (κ2) is 7.14. The lowest BCUT2D eigenvalue weighted by atomic mass is 10.0. The quantitative estimate of drug-likeness (QED) is 0.845. The highest BCUT2D eigenvalue weighted by Crippen LogP contribution is 2.17. The van der Waals surface area contributed by atoms with Crippen LogP contribution in [0.1, 0.15) is 24.8 Å². The fourth-order valence-corrected chi connectivity index (χ4v) is 2.43. The molecule has 1 aromatic carbocycles. The van der Waals surface area contributed by atoms with Crippen LogP contribution in [0.2, 0.25) is 0 Å². The van der Waals surface area contributed by atoms with E-state index in [9.17, 15) is 4.79 Å². The topological polar surface area (TPSA) is 50.4 Å². The molecule has 4 heteroatoms. The molecule has 1 aromatic rings. The molecule has 0 unspecified atom stereocenters. The first-order valence-corrected chi connectivity index (χ1v) is 6.94. The molecule has 0 aliphatic carbocycles. The van der Waals surface area contributed by atoms with E-state index in [1.165, 1.54) is 6.42 Å². The average molecular weight is 262 g/mol. The van der Waals surface area contributed by atoms with Crippen LogP contribution in [0.4, 0.5) is 0 Å². The monoisotopic (exact) mass is 262 g/mol. The lowest BCUT2D eigenvalue weighted by Gasteiger charge is -2.22. The smallest absolute Gasteiger partial charge is 0.237 e. The number of piperidine rings is 1. The van der Waals surface area contributed by atoms with Crippen molar-refractivity contribution in [3.05, 3.63) is 29.8 Å². The number of nitrogens with one attached hydrogen (secondary N) is 2. The van der Waals surface area contributed by atoms with Crippen molar-refractivity contribution in [2.75, 3.05) is 20.2 Å². The van der Waals surface area contributed by atoms with Crippen LogP contribution in [-0.4, -0.2) is 32.1 Å². The first kappa shape index (κ1) is 13.9. The lowest BCUT2D eigenvalue weighted by Crippen LogP contribution is -2.47. The molecule has 1 aliphatic rings. The maximum Gasteiger partial charge on any atom is 0.237 e. The maximum absolute atomic E-state index is 11.9. The number of hydrogen-bond acceptors (Lipinski definition) is 3. The van der Waals surface area contributed by atoms with Crippen LogP contribution < -0.4 is 15.4 Å². The highest BCUT2D eigenvalue weighted by atomic mass is 16.5. The van der Waals surface area contributed by atoms with E-state index < -0.39 is 0 Å². The normalized spacial score (nSPS) is 18.9. The minimum atomic E-state index is -0.00795. The van der Waals surface area contributed by atoms with Crippen LogP contribution >= 0.6 is 0 Å². The number of benzene rings is 1. The Balaban J connectivity index is 1.78. The van der Waals surface area contributed by atoms with Crippen molar-refractivity contribution in [2.24, 2.45) is 0 Å². The Bertz CT molecular complexity index is 414. The predicted octanol–water partition coefficient (Wildman–Crippen LogP) is 1.50. The van der Waals surface area contributed by atoms with Crippen LogP contribution in [0, 0.1) is 0 Å². The molecule has 104 valence electrons.